The lowest BCUT2D eigenvalue weighted by molar-refractivity contribution is -0.157. The van der Waals surface area contributed by atoms with Gasteiger partial charge in [0, 0.05) is 0 Å². The molecule has 0 saturated heterocycles. The third kappa shape index (κ3) is 4.19. The van der Waals surface area contributed by atoms with E-state index in [4.69, 9.17) is 16.3 Å². The van der Waals surface area contributed by atoms with Crippen LogP contribution in [-0.2, 0) is 14.3 Å². The fourth-order valence-electron chi connectivity index (χ4n) is 1.37. The second-order valence-corrected chi connectivity index (χ2v) is 5.05. The van der Waals surface area contributed by atoms with Crippen LogP contribution in [0.5, 0.6) is 0 Å². The Bertz CT molecular complexity index is 406. The summed E-state index contributed by atoms with van der Waals surface area (Å²) in [7, 11) is 0. The van der Waals surface area contributed by atoms with Crippen LogP contribution < -0.4 is 0 Å². The molecule has 0 N–H and O–H groups in total. The van der Waals surface area contributed by atoms with E-state index < -0.39 is 22.7 Å². The van der Waals surface area contributed by atoms with Gasteiger partial charge >= 0.3 is 5.97 Å². The normalized spacial score (nSPS) is 12.9. The predicted molar refractivity (Wildman–Crippen MR) is 65.9 cm³/mol. The highest BCUT2D eigenvalue weighted by Gasteiger charge is 2.31. The summed E-state index contributed by atoms with van der Waals surface area (Å²) in [4.78, 5) is 23.2. The highest BCUT2D eigenvalue weighted by Crippen LogP contribution is 2.23. The molecule has 1 unspecified atom stereocenters. The average Bonchev–Trinajstić information content (AvgIpc) is 2.15. The number of carbonyl (C=O) groups is 2. The van der Waals surface area contributed by atoms with E-state index in [0.717, 1.165) is 0 Å². The second kappa shape index (κ2) is 5.32. The summed E-state index contributed by atoms with van der Waals surface area (Å²) in [6, 6.07) is 8.64. The molecule has 1 atom stereocenters. The molecule has 0 fully saturated rings. The van der Waals surface area contributed by atoms with Gasteiger partial charge < -0.3 is 4.74 Å². The first kappa shape index (κ1) is 13.7. The van der Waals surface area contributed by atoms with Crippen molar-refractivity contribution in [2.75, 3.05) is 0 Å². The van der Waals surface area contributed by atoms with Gasteiger partial charge in [0.25, 0.3) is 0 Å². The molecule has 0 aliphatic rings. The van der Waals surface area contributed by atoms with Gasteiger partial charge in [-0.15, -0.1) is 0 Å². The van der Waals surface area contributed by atoms with Crippen molar-refractivity contribution in [2.24, 2.45) is 0 Å². The van der Waals surface area contributed by atoms with Crippen molar-refractivity contribution in [1.82, 2.24) is 0 Å². The number of carbonyl (C=O) groups excluding carboxylic acids is 2. The van der Waals surface area contributed by atoms with Crippen LogP contribution in [0.4, 0.5) is 0 Å². The third-order valence-electron chi connectivity index (χ3n) is 2.00. The molecule has 0 amide bonds. The zero-order valence-electron chi connectivity index (χ0n) is 10.1. The summed E-state index contributed by atoms with van der Waals surface area (Å²) in [6.07, 6.45) is 0. The van der Waals surface area contributed by atoms with E-state index in [0.29, 0.717) is 5.56 Å². The van der Waals surface area contributed by atoms with Crippen LogP contribution >= 0.6 is 11.6 Å². The smallest absolute Gasteiger partial charge is 0.322 e. The minimum absolute atomic E-state index is 0.543. The summed E-state index contributed by atoms with van der Waals surface area (Å²) >= 11 is 5.46. The number of esters is 1. The Morgan fingerprint density at radius 1 is 1.18 bits per heavy atom. The van der Waals surface area contributed by atoms with Gasteiger partial charge in [0.05, 0.1) is 0 Å². The van der Waals surface area contributed by atoms with E-state index in [1.54, 1.807) is 51.1 Å². The molecule has 1 aromatic rings. The van der Waals surface area contributed by atoms with Gasteiger partial charge in [0.1, 0.15) is 5.60 Å². The first-order valence-electron chi connectivity index (χ1n) is 5.28. The Morgan fingerprint density at radius 3 is 2.12 bits per heavy atom. The summed E-state index contributed by atoms with van der Waals surface area (Å²) < 4.78 is 5.17. The van der Waals surface area contributed by atoms with Crippen molar-refractivity contribution in [1.29, 1.82) is 0 Å². The molecule has 3 nitrogen and oxygen atoms in total. The average molecular weight is 255 g/mol. The molecule has 92 valence electrons. The molecule has 1 aromatic carbocycles. The summed E-state index contributed by atoms with van der Waals surface area (Å²) in [6.45, 7) is 5.23. The van der Waals surface area contributed by atoms with Gasteiger partial charge in [0.15, 0.2) is 5.92 Å². The zero-order chi connectivity index (χ0) is 13.1. The van der Waals surface area contributed by atoms with E-state index in [2.05, 4.69) is 0 Å². The minimum atomic E-state index is -1.06. The van der Waals surface area contributed by atoms with Gasteiger partial charge in [-0.3, -0.25) is 9.59 Å². The molecule has 0 aliphatic heterocycles. The summed E-state index contributed by atoms with van der Waals surface area (Å²) in [5, 5.41) is -0.731. The van der Waals surface area contributed by atoms with Crippen LogP contribution in [0.1, 0.15) is 32.3 Å². The predicted octanol–water partition coefficient (Wildman–Crippen LogP) is 2.88. The maximum Gasteiger partial charge on any atom is 0.322 e. The maximum atomic E-state index is 11.9. The SMILES string of the molecule is CC(C)(C)OC(=O)C(C(=O)Cl)c1ccccc1. The lowest BCUT2D eigenvalue weighted by Crippen LogP contribution is -2.30. The summed E-state index contributed by atoms with van der Waals surface area (Å²) in [5.41, 5.74) is -0.0991. The molecule has 4 heteroatoms. The summed E-state index contributed by atoms with van der Waals surface area (Å²) in [5.74, 6) is -1.68. The molecule has 17 heavy (non-hydrogen) atoms. The monoisotopic (exact) mass is 254 g/mol. The highest BCUT2D eigenvalue weighted by molar-refractivity contribution is 6.66. The molecule has 0 heterocycles. The molecule has 0 bridgehead atoms. The molecule has 0 saturated carbocycles. The molecule has 0 aromatic heterocycles. The zero-order valence-corrected chi connectivity index (χ0v) is 10.8. The first-order chi connectivity index (χ1) is 7.81. The molecule has 1 rings (SSSR count). The van der Waals surface area contributed by atoms with Gasteiger partial charge in [-0.2, -0.15) is 0 Å². The van der Waals surface area contributed by atoms with Crippen LogP contribution in [0, 0.1) is 0 Å². The number of hydrogen-bond donors (Lipinski definition) is 0. The molecule has 0 radical (unpaired) electrons. The van der Waals surface area contributed by atoms with E-state index >= 15 is 0 Å². The van der Waals surface area contributed by atoms with Crippen molar-refractivity contribution in [3.63, 3.8) is 0 Å². The fourth-order valence-corrected chi connectivity index (χ4v) is 1.58. The quantitative estimate of drug-likeness (QED) is 0.473. The van der Waals surface area contributed by atoms with Crippen LogP contribution in [0.3, 0.4) is 0 Å². The van der Waals surface area contributed by atoms with Gasteiger partial charge in [-0.1, -0.05) is 30.3 Å². The highest BCUT2D eigenvalue weighted by atomic mass is 35.5. The Balaban J connectivity index is 2.96. The number of ether oxygens (including phenoxy) is 1. The van der Waals surface area contributed by atoms with Gasteiger partial charge in [-0.05, 0) is 37.9 Å². The number of hydrogen-bond acceptors (Lipinski definition) is 3. The van der Waals surface area contributed by atoms with Crippen LogP contribution in [0.2, 0.25) is 0 Å². The molecular formula is C13H15ClO3. The van der Waals surface area contributed by atoms with E-state index in [1.807, 2.05) is 0 Å². The lowest BCUT2D eigenvalue weighted by atomic mass is 10.0. The van der Waals surface area contributed by atoms with Crippen molar-refractivity contribution < 1.29 is 14.3 Å². The topological polar surface area (TPSA) is 43.4 Å². The van der Waals surface area contributed by atoms with Crippen LogP contribution in [0.15, 0.2) is 30.3 Å². The van der Waals surface area contributed by atoms with E-state index in [-0.39, 0.29) is 0 Å². The standard InChI is InChI=1S/C13H15ClO3/c1-13(2,3)17-12(16)10(11(14)15)9-7-5-4-6-8-9/h4-8,10H,1-3H3. The van der Waals surface area contributed by atoms with E-state index in [1.165, 1.54) is 0 Å². The van der Waals surface area contributed by atoms with Crippen molar-refractivity contribution in [2.45, 2.75) is 32.3 Å². The van der Waals surface area contributed by atoms with Crippen LogP contribution in [0.25, 0.3) is 0 Å². The molecule has 0 aliphatic carbocycles. The van der Waals surface area contributed by atoms with Crippen LogP contribution in [-0.4, -0.2) is 16.8 Å². The Labute approximate surface area is 106 Å². The van der Waals surface area contributed by atoms with Gasteiger partial charge in [-0.25, -0.2) is 0 Å². The molecule has 0 spiro atoms. The maximum absolute atomic E-state index is 11.9. The first-order valence-corrected chi connectivity index (χ1v) is 5.66. The second-order valence-electron chi connectivity index (χ2n) is 4.68. The Morgan fingerprint density at radius 2 is 1.71 bits per heavy atom. The lowest BCUT2D eigenvalue weighted by Gasteiger charge is -2.22. The Hall–Kier alpha value is -1.35. The van der Waals surface area contributed by atoms with Crippen molar-refractivity contribution >= 4 is 22.8 Å². The largest absolute Gasteiger partial charge is 0.459 e. The molecular weight excluding hydrogens is 240 g/mol. The van der Waals surface area contributed by atoms with Crippen molar-refractivity contribution in [3.8, 4) is 0 Å². The number of benzene rings is 1. The number of rotatable bonds is 3. The Kier molecular flexibility index (Phi) is 4.29. The van der Waals surface area contributed by atoms with Gasteiger partial charge in [0.2, 0.25) is 5.24 Å². The number of halogens is 1. The van der Waals surface area contributed by atoms with Crippen molar-refractivity contribution in [3.05, 3.63) is 35.9 Å². The third-order valence-corrected chi connectivity index (χ3v) is 2.22. The van der Waals surface area contributed by atoms with E-state index in [9.17, 15) is 9.59 Å². The minimum Gasteiger partial charge on any atom is -0.459 e. The fraction of sp³-hybridized carbons (Fsp3) is 0.385.